The van der Waals surface area contributed by atoms with Crippen LogP contribution in [0.4, 0.5) is 0 Å². The molecule has 2 heteroatoms. The van der Waals surface area contributed by atoms with Crippen molar-refractivity contribution in [2.45, 2.75) is 52.5 Å². The summed E-state index contributed by atoms with van der Waals surface area (Å²) in [6.07, 6.45) is 4.11. The van der Waals surface area contributed by atoms with Gasteiger partial charge in [0, 0.05) is 29.4 Å². The van der Waals surface area contributed by atoms with Gasteiger partial charge in [-0.1, -0.05) is 13.8 Å². The molecule has 0 spiro atoms. The van der Waals surface area contributed by atoms with Crippen LogP contribution in [0.15, 0.2) is 6.07 Å². The minimum absolute atomic E-state index is 0.349. The van der Waals surface area contributed by atoms with E-state index in [-0.39, 0.29) is 0 Å². The summed E-state index contributed by atoms with van der Waals surface area (Å²) in [4.78, 5) is 11.8. The summed E-state index contributed by atoms with van der Waals surface area (Å²) in [6.45, 7) is 6.77. The topological polar surface area (TPSA) is 22.0 Å². The number of aromatic nitrogens is 1. The van der Waals surface area contributed by atoms with Gasteiger partial charge in [0.15, 0.2) is 5.78 Å². The molecular formula is C14H19NO. The first-order valence-electron chi connectivity index (χ1n) is 6.24. The summed E-state index contributed by atoms with van der Waals surface area (Å²) >= 11 is 0. The van der Waals surface area contributed by atoms with Gasteiger partial charge in [-0.2, -0.15) is 0 Å². The molecule has 0 N–H and O–H groups in total. The fourth-order valence-electron chi connectivity index (χ4n) is 3.07. The number of fused-ring (bicyclic) bond motifs is 1. The lowest BCUT2D eigenvalue weighted by Crippen LogP contribution is -2.14. The van der Waals surface area contributed by atoms with Gasteiger partial charge in [0.1, 0.15) is 0 Å². The molecule has 16 heavy (non-hydrogen) atoms. The van der Waals surface area contributed by atoms with Crippen LogP contribution in [0, 0.1) is 12.3 Å². The van der Waals surface area contributed by atoms with Gasteiger partial charge >= 0.3 is 0 Å². The second-order valence-electron chi connectivity index (χ2n) is 6.00. The fourth-order valence-corrected chi connectivity index (χ4v) is 3.07. The monoisotopic (exact) mass is 217 g/mol. The molecule has 1 heterocycles. The van der Waals surface area contributed by atoms with Crippen LogP contribution >= 0.6 is 0 Å². The summed E-state index contributed by atoms with van der Waals surface area (Å²) < 4.78 is 2.44. The first kappa shape index (κ1) is 10.1. The number of nitrogens with zero attached hydrogens (tertiary/aromatic N) is 1. The van der Waals surface area contributed by atoms with Crippen LogP contribution in [0.1, 0.15) is 60.9 Å². The van der Waals surface area contributed by atoms with Crippen LogP contribution in [-0.4, -0.2) is 10.4 Å². The molecule has 0 aliphatic heterocycles. The largest absolute Gasteiger partial charge is 0.345 e. The third-order valence-electron chi connectivity index (χ3n) is 4.23. The van der Waals surface area contributed by atoms with Crippen LogP contribution in [0.2, 0.25) is 0 Å². The number of aryl methyl sites for hydroxylation is 1. The van der Waals surface area contributed by atoms with E-state index < -0.39 is 0 Å². The molecule has 1 aromatic heterocycles. The van der Waals surface area contributed by atoms with E-state index in [2.05, 4.69) is 31.4 Å². The quantitative estimate of drug-likeness (QED) is 0.707. The zero-order chi connectivity index (χ0) is 11.5. The Morgan fingerprint density at radius 3 is 2.69 bits per heavy atom. The second-order valence-corrected chi connectivity index (χ2v) is 6.00. The Hall–Kier alpha value is -1.05. The third-order valence-corrected chi connectivity index (χ3v) is 4.23. The van der Waals surface area contributed by atoms with E-state index in [9.17, 15) is 4.79 Å². The number of carbonyl (C=O) groups excluding carboxylic acids is 1. The van der Waals surface area contributed by atoms with Gasteiger partial charge in [0.05, 0.1) is 0 Å². The highest BCUT2D eigenvalue weighted by molar-refractivity contribution is 5.98. The molecule has 0 bridgehead atoms. The SMILES string of the molecule is Cc1cc2c(n1C1CC1(C)C)CCCC2=O. The number of Topliss-reactive ketones (excluding diaryl/α,β-unsaturated/α-hetero) is 1. The predicted molar refractivity (Wildman–Crippen MR) is 63.9 cm³/mol. The fraction of sp³-hybridized carbons (Fsp3) is 0.643. The highest BCUT2D eigenvalue weighted by atomic mass is 16.1. The van der Waals surface area contributed by atoms with E-state index in [1.165, 1.54) is 17.8 Å². The van der Waals surface area contributed by atoms with Crippen molar-refractivity contribution in [1.29, 1.82) is 0 Å². The van der Waals surface area contributed by atoms with Crippen LogP contribution in [-0.2, 0) is 6.42 Å². The van der Waals surface area contributed by atoms with Gasteiger partial charge in [0.25, 0.3) is 0 Å². The average molecular weight is 217 g/mol. The molecule has 2 nitrogen and oxygen atoms in total. The third kappa shape index (κ3) is 1.28. The van der Waals surface area contributed by atoms with Crippen LogP contribution < -0.4 is 0 Å². The van der Waals surface area contributed by atoms with Gasteiger partial charge in [-0.25, -0.2) is 0 Å². The van der Waals surface area contributed by atoms with Gasteiger partial charge in [-0.05, 0) is 37.7 Å². The second kappa shape index (κ2) is 2.99. The molecular weight excluding hydrogens is 198 g/mol. The van der Waals surface area contributed by atoms with Gasteiger partial charge in [-0.3, -0.25) is 4.79 Å². The highest BCUT2D eigenvalue weighted by Crippen LogP contribution is 2.57. The maximum atomic E-state index is 11.8. The van der Waals surface area contributed by atoms with Gasteiger partial charge in [0.2, 0.25) is 0 Å². The molecule has 86 valence electrons. The summed E-state index contributed by atoms with van der Waals surface area (Å²) in [5.41, 5.74) is 4.02. The standard InChI is InChI=1S/C14H19NO/c1-9-7-10-11(5-4-6-12(10)16)15(9)13-8-14(13,2)3/h7,13H,4-6,8H2,1-3H3. The van der Waals surface area contributed by atoms with Crippen molar-refractivity contribution in [3.8, 4) is 0 Å². The molecule has 1 saturated carbocycles. The zero-order valence-electron chi connectivity index (χ0n) is 10.3. The van der Waals surface area contributed by atoms with E-state index in [1.807, 2.05) is 0 Å². The summed E-state index contributed by atoms with van der Waals surface area (Å²) in [5, 5.41) is 0. The van der Waals surface area contributed by atoms with E-state index in [0.29, 0.717) is 17.2 Å². The number of hydrogen-bond acceptors (Lipinski definition) is 1. The Labute approximate surface area is 96.6 Å². The minimum Gasteiger partial charge on any atom is -0.345 e. The van der Waals surface area contributed by atoms with Crippen LogP contribution in [0.3, 0.4) is 0 Å². The number of rotatable bonds is 1. The maximum absolute atomic E-state index is 11.8. The molecule has 1 unspecified atom stereocenters. The molecule has 0 amide bonds. The Bertz CT molecular complexity index is 467. The summed E-state index contributed by atoms with van der Waals surface area (Å²) in [6, 6.07) is 2.73. The van der Waals surface area contributed by atoms with Crippen molar-refractivity contribution in [1.82, 2.24) is 4.57 Å². The van der Waals surface area contributed by atoms with Gasteiger partial charge < -0.3 is 4.57 Å². The molecule has 0 radical (unpaired) electrons. The normalized spacial score (nSPS) is 26.7. The van der Waals surface area contributed by atoms with Gasteiger partial charge in [-0.15, -0.1) is 0 Å². The molecule has 1 aromatic rings. The molecule has 0 saturated heterocycles. The highest BCUT2D eigenvalue weighted by Gasteiger charge is 2.48. The predicted octanol–water partition coefficient (Wildman–Crippen LogP) is 3.29. The molecule has 2 aliphatic carbocycles. The first-order valence-corrected chi connectivity index (χ1v) is 6.24. The van der Waals surface area contributed by atoms with E-state index >= 15 is 0 Å². The summed E-state index contributed by atoms with van der Waals surface area (Å²) in [5.74, 6) is 0.349. The lowest BCUT2D eigenvalue weighted by atomic mass is 9.96. The van der Waals surface area contributed by atoms with Crippen molar-refractivity contribution >= 4 is 5.78 Å². The number of ketones is 1. The van der Waals surface area contributed by atoms with E-state index in [0.717, 1.165) is 24.8 Å². The molecule has 3 rings (SSSR count). The molecule has 2 aliphatic rings. The first-order chi connectivity index (χ1) is 7.50. The Balaban J connectivity index is 2.09. The Morgan fingerprint density at radius 1 is 1.38 bits per heavy atom. The molecule has 1 fully saturated rings. The zero-order valence-corrected chi connectivity index (χ0v) is 10.3. The van der Waals surface area contributed by atoms with E-state index in [4.69, 9.17) is 0 Å². The summed E-state index contributed by atoms with van der Waals surface area (Å²) in [7, 11) is 0. The number of carbonyl (C=O) groups is 1. The molecule has 0 aromatic carbocycles. The Morgan fingerprint density at radius 2 is 2.06 bits per heavy atom. The lowest BCUT2D eigenvalue weighted by molar-refractivity contribution is 0.0971. The van der Waals surface area contributed by atoms with Crippen molar-refractivity contribution in [2.75, 3.05) is 0 Å². The number of hydrogen-bond donors (Lipinski definition) is 0. The van der Waals surface area contributed by atoms with Crippen molar-refractivity contribution in [2.24, 2.45) is 5.41 Å². The van der Waals surface area contributed by atoms with Crippen LogP contribution in [0.25, 0.3) is 0 Å². The van der Waals surface area contributed by atoms with Crippen molar-refractivity contribution in [3.63, 3.8) is 0 Å². The molecule has 1 atom stereocenters. The van der Waals surface area contributed by atoms with E-state index in [1.54, 1.807) is 0 Å². The minimum atomic E-state index is 0.349. The van der Waals surface area contributed by atoms with Crippen LogP contribution in [0.5, 0.6) is 0 Å². The Kier molecular flexibility index (Phi) is 1.90. The maximum Gasteiger partial charge on any atom is 0.164 e. The average Bonchev–Trinajstić information content (AvgIpc) is 2.68. The lowest BCUT2D eigenvalue weighted by Gasteiger charge is -2.17. The van der Waals surface area contributed by atoms with Crippen molar-refractivity contribution < 1.29 is 4.79 Å². The smallest absolute Gasteiger partial charge is 0.164 e. The van der Waals surface area contributed by atoms with Crippen molar-refractivity contribution in [3.05, 3.63) is 23.0 Å².